The largest absolute Gasteiger partial charge is 0.457 e. The van der Waals surface area contributed by atoms with Gasteiger partial charge in [0.05, 0.1) is 0 Å². The maximum atomic E-state index is 12.0. The molecule has 1 heterocycles. The molecule has 0 radical (unpaired) electrons. The molecule has 1 aliphatic heterocycles. The van der Waals surface area contributed by atoms with Gasteiger partial charge in [-0.15, -0.1) is 0 Å². The normalized spacial score (nSPS) is 18.0. The Morgan fingerprint density at radius 3 is 2.57 bits per heavy atom. The van der Waals surface area contributed by atoms with Crippen LogP contribution in [0.4, 0.5) is 5.69 Å². The van der Waals surface area contributed by atoms with E-state index in [0.29, 0.717) is 19.5 Å². The summed E-state index contributed by atoms with van der Waals surface area (Å²) in [6, 6.07) is 17.2. The van der Waals surface area contributed by atoms with E-state index in [-0.39, 0.29) is 11.8 Å². The number of para-hydroxylation sites is 1. The van der Waals surface area contributed by atoms with Crippen LogP contribution in [0.3, 0.4) is 0 Å². The molecule has 3 rings (SSSR count). The second-order valence-electron chi connectivity index (χ2n) is 5.22. The lowest BCUT2D eigenvalue weighted by molar-refractivity contribution is -0.117. The molecule has 1 amide bonds. The summed E-state index contributed by atoms with van der Waals surface area (Å²) in [5.41, 5.74) is 6.53. The molecule has 0 spiro atoms. The predicted molar refractivity (Wildman–Crippen MR) is 82.5 cm³/mol. The highest BCUT2D eigenvalue weighted by Crippen LogP contribution is 2.29. The fourth-order valence-electron chi connectivity index (χ4n) is 2.53. The average Bonchev–Trinajstić information content (AvgIpc) is 2.90. The van der Waals surface area contributed by atoms with Gasteiger partial charge in [-0.05, 0) is 36.7 Å². The van der Waals surface area contributed by atoms with Gasteiger partial charge < -0.3 is 15.4 Å². The highest BCUT2D eigenvalue weighted by atomic mass is 16.5. The Labute approximate surface area is 124 Å². The number of rotatable bonds is 4. The molecule has 2 aromatic carbocycles. The standard InChI is InChI=1S/C17H18N2O2/c18-11-13-9-17(20)19(12-13)14-5-4-8-16(10-14)21-15-6-2-1-3-7-15/h1-8,10,13H,9,11-12,18H2. The number of ether oxygens (including phenoxy) is 1. The Morgan fingerprint density at radius 1 is 1.10 bits per heavy atom. The maximum absolute atomic E-state index is 12.0. The van der Waals surface area contributed by atoms with E-state index in [9.17, 15) is 4.79 Å². The number of carbonyl (C=O) groups is 1. The molecule has 1 fully saturated rings. The number of hydrogen-bond acceptors (Lipinski definition) is 3. The topological polar surface area (TPSA) is 55.6 Å². The van der Waals surface area contributed by atoms with Crippen LogP contribution < -0.4 is 15.4 Å². The van der Waals surface area contributed by atoms with Gasteiger partial charge in [0.1, 0.15) is 11.5 Å². The van der Waals surface area contributed by atoms with Crippen molar-refractivity contribution < 1.29 is 9.53 Å². The number of nitrogens with zero attached hydrogens (tertiary/aromatic N) is 1. The monoisotopic (exact) mass is 282 g/mol. The summed E-state index contributed by atoms with van der Waals surface area (Å²) in [4.78, 5) is 13.8. The van der Waals surface area contributed by atoms with Crippen LogP contribution >= 0.6 is 0 Å². The number of benzene rings is 2. The Hall–Kier alpha value is -2.33. The van der Waals surface area contributed by atoms with Crippen molar-refractivity contribution in [3.8, 4) is 11.5 Å². The third-order valence-corrected chi connectivity index (χ3v) is 3.65. The molecule has 2 N–H and O–H groups in total. The minimum absolute atomic E-state index is 0.127. The van der Waals surface area contributed by atoms with Gasteiger partial charge in [-0.25, -0.2) is 0 Å². The molecule has 0 bridgehead atoms. The van der Waals surface area contributed by atoms with E-state index in [0.717, 1.165) is 17.2 Å². The van der Waals surface area contributed by atoms with Crippen molar-refractivity contribution in [2.75, 3.05) is 18.0 Å². The summed E-state index contributed by atoms with van der Waals surface area (Å²) in [6.45, 7) is 1.23. The minimum Gasteiger partial charge on any atom is -0.457 e. The van der Waals surface area contributed by atoms with Gasteiger partial charge in [0, 0.05) is 24.7 Å². The molecule has 108 valence electrons. The predicted octanol–water partition coefficient (Wildman–Crippen LogP) is 2.79. The lowest BCUT2D eigenvalue weighted by Gasteiger charge is -2.17. The zero-order chi connectivity index (χ0) is 14.7. The first-order chi connectivity index (χ1) is 10.3. The van der Waals surface area contributed by atoms with Crippen LogP contribution in [0.15, 0.2) is 54.6 Å². The summed E-state index contributed by atoms with van der Waals surface area (Å²) in [6.07, 6.45) is 0.528. The van der Waals surface area contributed by atoms with Gasteiger partial charge in [-0.3, -0.25) is 4.79 Å². The molecule has 4 nitrogen and oxygen atoms in total. The van der Waals surface area contributed by atoms with Crippen LogP contribution in [0.5, 0.6) is 11.5 Å². The van der Waals surface area contributed by atoms with Gasteiger partial charge in [0.15, 0.2) is 0 Å². The van der Waals surface area contributed by atoms with Gasteiger partial charge >= 0.3 is 0 Å². The van der Waals surface area contributed by atoms with Gasteiger partial charge in [-0.1, -0.05) is 24.3 Å². The fourth-order valence-corrected chi connectivity index (χ4v) is 2.53. The zero-order valence-electron chi connectivity index (χ0n) is 11.7. The molecular weight excluding hydrogens is 264 g/mol. The Balaban J connectivity index is 1.79. The molecule has 0 saturated carbocycles. The van der Waals surface area contributed by atoms with Gasteiger partial charge in [-0.2, -0.15) is 0 Å². The van der Waals surface area contributed by atoms with E-state index in [1.807, 2.05) is 54.6 Å². The van der Waals surface area contributed by atoms with E-state index in [2.05, 4.69) is 0 Å². The highest BCUT2D eigenvalue weighted by molar-refractivity contribution is 5.95. The summed E-state index contributed by atoms with van der Waals surface area (Å²) in [5, 5.41) is 0. The first kappa shape index (κ1) is 13.6. The Morgan fingerprint density at radius 2 is 1.86 bits per heavy atom. The summed E-state index contributed by atoms with van der Waals surface area (Å²) >= 11 is 0. The third kappa shape index (κ3) is 3.06. The SMILES string of the molecule is NCC1CC(=O)N(c2cccc(Oc3ccccc3)c2)C1. The van der Waals surface area contributed by atoms with Crippen molar-refractivity contribution >= 4 is 11.6 Å². The second kappa shape index (κ2) is 5.97. The molecule has 1 atom stereocenters. The van der Waals surface area contributed by atoms with Crippen molar-refractivity contribution in [2.45, 2.75) is 6.42 Å². The van der Waals surface area contributed by atoms with Crippen LogP contribution in [0.2, 0.25) is 0 Å². The fraction of sp³-hybridized carbons (Fsp3) is 0.235. The first-order valence-electron chi connectivity index (χ1n) is 7.09. The van der Waals surface area contributed by atoms with Crippen molar-refractivity contribution in [1.82, 2.24) is 0 Å². The average molecular weight is 282 g/mol. The van der Waals surface area contributed by atoms with Crippen LogP contribution in [-0.4, -0.2) is 19.0 Å². The quantitative estimate of drug-likeness (QED) is 0.938. The molecule has 0 aromatic heterocycles. The number of amides is 1. The first-order valence-corrected chi connectivity index (χ1v) is 7.09. The number of nitrogens with two attached hydrogens (primary N) is 1. The molecule has 1 saturated heterocycles. The lowest BCUT2D eigenvalue weighted by atomic mass is 10.1. The molecule has 21 heavy (non-hydrogen) atoms. The molecule has 0 aliphatic carbocycles. The van der Waals surface area contributed by atoms with E-state index in [4.69, 9.17) is 10.5 Å². The van der Waals surface area contributed by atoms with Crippen molar-refractivity contribution in [1.29, 1.82) is 0 Å². The maximum Gasteiger partial charge on any atom is 0.227 e. The number of carbonyl (C=O) groups excluding carboxylic acids is 1. The molecule has 4 heteroatoms. The summed E-state index contributed by atoms with van der Waals surface area (Å²) in [7, 11) is 0. The molecule has 1 aliphatic rings. The van der Waals surface area contributed by atoms with Gasteiger partial charge in [0.25, 0.3) is 0 Å². The van der Waals surface area contributed by atoms with Crippen LogP contribution in [0.25, 0.3) is 0 Å². The Bertz CT molecular complexity index is 628. The van der Waals surface area contributed by atoms with E-state index in [1.54, 1.807) is 4.90 Å². The smallest absolute Gasteiger partial charge is 0.227 e. The van der Waals surface area contributed by atoms with Crippen molar-refractivity contribution in [3.05, 3.63) is 54.6 Å². The van der Waals surface area contributed by atoms with E-state index >= 15 is 0 Å². The molecule has 1 unspecified atom stereocenters. The minimum atomic E-state index is 0.127. The Kier molecular flexibility index (Phi) is 3.88. The van der Waals surface area contributed by atoms with E-state index < -0.39 is 0 Å². The van der Waals surface area contributed by atoms with E-state index in [1.165, 1.54) is 0 Å². The zero-order valence-corrected chi connectivity index (χ0v) is 11.7. The van der Waals surface area contributed by atoms with Crippen LogP contribution in [0.1, 0.15) is 6.42 Å². The lowest BCUT2D eigenvalue weighted by Crippen LogP contribution is -2.25. The second-order valence-corrected chi connectivity index (χ2v) is 5.22. The highest BCUT2D eigenvalue weighted by Gasteiger charge is 2.29. The molecular formula is C17H18N2O2. The van der Waals surface area contributed by atoms with Crippen LogP contribution in [-0.2, 0) is 4.79 Å². The number of hydrogen-bond donors (Lipinski definition) is 1. The summed E-state index contributed by atoms with van der Waals surface area (Å²) in [5.74, 6) is 1.88. The van der Waals surface area contributed by atoms with Crippen molar-refractivity contribution in [2.24, 2.45) is 11.7 Å². The van der Waals surface area contributed by atoms with Crippen molar-refractivity contribution in [3.63, 3.8) is 0 Å². The third-order valence-electron chi connectivity index (χ3n) is 3.65. The van der Waals surface area contributed by atoms with Crippen LogP contribution in [0, 0.1) is 5.92 Å². The number of anilines is 1. The molecule has 2 aromatic rings. The van der Waals surface area contributed by atoms with Gasteiger partial charge in [0.2, 0.25) is 5.91 Å². The summed E-state index contributed by atoms with van der Waals surface area (Å²) < 4.78 is 5.80.